The third kappa shape index (κ3) is 3.47. The van der Waals surface area contributed by atoms with Crippen LogP contribution < -0.4 is 15.4 Å². The number of hydrogen-bond acceptors (Lipinski definition) is 5. The summed E-state index contributed by atoms with van der Waals surface area (Å²) in [7, 11) is 1.49. The van der Waals surface area contributed by atoms with Gasteiger partial charge in [-0.05, 0) is 33.8 Å². The van der Waals surface area contributed by atoms with Crippen LogP contribution in [0.1, 0.15) is 49.7 Å². The van der Waals surface area contributed by atoms with E-state index in [1.165, 1.54) is 7.11 Å². The summed E-state index contributed by atoms with van der Waals surface area (Å²) < 4.78 is 7.15. The number of carbonyl (C=O) groups is 2. The van der Waals surface area contributed by atoms with E-state index in [9.17, 15) is 9.59 Å². The van der Waals surface area contributed by atoms with Gasteiger partial charge >= 0.3 is 5.97 Å². The van der Waals surface area contributed by atoms with E-state index in [1.54, 1.807) is 22.9 Å². The van der Waals surface area contributed by atoms with Crippen molar-refractivity contribution >= 4 is 17.7 Å². The van der Waals surface area contributed by atoms with Crippen molar-refractivity contribution in [3.8, 4) is 17.0 Å². The molecule has 0 saturated carbocycles. The van der Waals surface area contributed by atoms with Gasteiger partial charge < -0.3 is 20.5 Å². The Bertz CT molecular complexity index is 915. The highest BCUT2D eigenvalue weighted by atomic mass is 16.5. The van der Waals surface area contributed by atoms with Crippen molar-refractivity contribution in [2.24, 2.45) is 0 Å². The number of ether oxygens (including phenoxy) is 1. The molecule has 1 amide bonds. The van der Waals surface area contributed by atoms with E-state index in [-0.39, 0.29) is 18.4 Å². The number of aliphatic carboxylic acids is 1. The van der Waals surface area contributed by atoms with Gasteiger partial charge in [-0.15, -0.1) is 0 Å². The molecule has 144 valence electrons. The van der Waals surface area contributed by atoms with Gasteiger partial charge in [-0.2, -0.15) is 5.10 Å². The smallest absolute Gasteiger partial charge is 0.307 e. The predicted octanol–water partition coefficient (Wildman–Crippen LogP) is 2.66. The fourth-order valence-corrected chi connectivity index (χ4v) is 3.22. The van der Waals surface area contributed by atoms with Gasteiger partial charge in [0.1, 0.15) is 28.5 Å². The van der Waals surface area contributed by atoms with Gasteiger partial charge in [0.2, 0.25) is 0 Å². The molecule has 0 fully saturated rings. The molecular formula is C19H24N4O4. The molecular weight excluding hydrogens is 348 g/mol. The van der Waals surface area contributed by atoms with E-state index in [0.717, 1.165) is 0 Å². The summed E-state index contributed by atoms with van der Waals surface area (Å²) in [6, 6.07) is 5.23. The Morgan fingerprint density at radius 2 is 2.04 bits per heavy atom. The molecule has 1 aliphatic heterocycles. The Kier molecular flexibility index (Phi) is 4.59. The zero-order chi connectivity index (χ0) is 19.9. The highest BCUT2D eigenvalue weighted by Crippen LogP contribution is 2.36. The highest BCUT2D eigenvalue weighted by Gasteiger charge is 2.36. The molecule has 1 aromatic heterocycles. The Morgan fingerprint density at radius 3 is 2.63 bits per heavy atom. The van der Waals surface area contributed by atoms with E-state index in [4.69, 9.17) is 9.84 Å². The molecule has 0 unspecified atom stereocenters. The molecule has 3 N–H and O–H groups in total. The average Bonchev–Trinajstić information content (AvgIpc) is 2.93. The molecule has 0 radical (unpaired) electrons. The molecule has 0 spiro atoms. The monoisotopic (exact) mass is 372 g/mol. The standard InChI is InChI=1S/C19H24N4O4/c1-10(2)23-17-15(18(26)21-19(3,4)20-17)16(22-23)12-7-6-11(9-14(24)25)13(8-12)27-5/h6-8,10,20H,9H2,1-5H3,(H,21,26)(H,24,25). The molecule has 3 rings (SSSR count). The SMILES string of the molecule is COc1cc(-c2nn(C(C)C)c3c2C(=O)NC(C)(C)N3)ccc1CC(=O)O. The van der Waals surface area contributed by atoms with Crippen molar-refractivity contribution in [2.45, 2.75) is 45.8 Å². The van der Waals surface area contributed by atoms with Gasteiger partial charge in [0, 0.05) is 17.2 Å². The normalized spacial score (nSPS) is 15.1. The third-order valence-corrected chi connectivity index (χ3v) is 4.39. The molecule has 1 aromatic carbocycles. The molecule has 1 aliphatic rings. The number of hydrogen-bond donors (Lipinski definition) is 3. The second kappa shape index (κ2) is 6.61. The largest absolute Gasteiger partial charge is 0.496 e. The lowest BCUT2D eigenvalue weighted by molar-refractivity contribution is -0.136. The van der Waals surface area contributed by atoms with Gasteiger partial charge in [-0.3, -0.25) is 9.59 Å². The predicted molar refractivity (Wildman–Crippen MR) is 101 cm³/mol. The van der Waals surface area contributed by atoms with Crippen LogP contribution in [0.4, 0.5) is 5.82 Å². The number of nitrogens with one attached hydrogen (secondary N) is 2. The first kappa shape index (κ1) is 18.8. The molecule has 0 atom stereocenters. The van der Waals surface area contributed by atoms with Crippen LogP contribution in [0, 0.1) is 0 Å². The van der Waals surface area contributed by atoms with Crippen molar-refractivity contribution in [3.05, 3.63) is 29.3 Å². The minimum absolute atomic E-state index is 0.0508. The average molecular weight is 372 g/mol. The molecule has 0 aliphatic carbocycles. The summed E-state index contributed by atoms with van der Waals surface area (Å²) in [5, 5.41) is 20.0. The van der Waals surface area contributed by atoms with E-state index in [0.29, 0.717) is 34.0 Å². The van der Waals surface area contributed by atoms with Gasteiger partial charge in [0.25, 0.3) is 5.91 Å². The Morgan fingerprint density at radius 1 is 1.33 bits per heavy atom. The van der Waals surface area contributed by atoms with Crippen molar-refractivity contribution in [3.63, 3.8) is 0 Å². The zero-order valence-electron chi connectivity index (χ0n) is 16.1. The number of benzene rings is 1. The Balaban J connectivity index is 2.16. The first-order chi connectivity index (χ1) is 12.6. The van der Waals surface area contributed by atoms with E-state index in [1.807, 2.05) is 27.7 Å². The van der Waals surface area contributed by atoms with Gasteiger partial charge in [0.05, 0.1) is 13.5 Å². The van der Waals surface area contributed by atoms with Crippen LogP contribution >= 0.6 is 0 Å². The second-order valence-corrected chi connectivity index (χ2v) is 7.41. The molecule has 8 nitrogen and oxygen atoms in total. The summed E-state index contributed by atoms with van der Waals surface area (Å²) >= 11 is 0. The molecule has 27 heavy (non-hydrogen) atoms. The summed E-state index contributed by atoms with van der Waals surface area (Å²) in [4.78, 5) is 23.8. The van der Waals surface area contributed by atoms with Crippen LogP contribution in [0.3, 0.4) is 0 Å². The van der Waals surface area contributed by atoms with Crippen LogP contribution in [0.15, 0.2) is 18.2 Å². The lowest BCUT2D eigenvalue weighted by Gasteiger charge is -2.33. The number of amides is 1. The third-order valence-electron chi connectivity index (χ3n) is 4.39. The number of anilines is 1. The number of carboxylic acids is 1. The fourth-order valence-electron chi connectivity index (χ4n) is 3.22. The number of carbonyl (C=O) groups excluding carboxylic acids is 1. The number of methoxy groups -OCH3 is 1. The minimum Gasteiger partial charge on any atom is -0.496 e. The van der Waals surface area contributed by atoms with Crippen LogP contribution in [0.25, 0.3) is 11.3 Å². The molecule has 8 heteroatoms. The van der Waals surface area contributed by atoms with Crippen LogP contribution in [-0.2, 0) is 11.2 Å². The maximum absolute atomic E-state index is 12.8. The first-order valence-electron chi connectivity index (χ1n) is 8.75. The number of carboxylic acid groups (broad SMARTS) is 1. The summed E-state index contributed by atoms with van der Waals surface area (Å²) in [6.45, 7) is 7.76. The van der Waals surface area contributed by atoms with Crippen molar-refractivity contribution in [1.82, 2.24) is 15.1 Å². The number of nitrogens with zero attached hydrogens (tertiary/aromatic N) is 2. The van der Waals surface area contributed by atoms with Crippen molar-refractivity contribution in [2.75, 3.05) is 12.4 Å². The summed E-state index contributed by atoms with van der Waals surface area (Å²) in [5.41, 5.74) is 1.66. The lowest BCUT2D eigenvalue weighted by Crippen LogP contribution is -2.53. The number of aromatic nitrogens is 2. The maximum atomic E-state index is 12.8. The second-order valence-electron chi connectivity index (χ2n) is 7.41. The van der Waals surface area contributed by atoms with Gasteiger partial charge in [-0.1, -0.05) is 12.1 Å². The molecule has 2 heterocycles. The van der Waals surface area contributed by atoms with Crippen molar-refractivity contribution in [1.29, 1.82) is 0 Å². The highest BCUT2D eigenvalue weighted by molar-refractivity contribution is 6.06. The summed E-state index contributed by atoms with van der Waals surface area (Å²) in [6.07, 6.45) is -0.141. The van der Waals surface area contributed by atoms with Crippen LogP contribution in [-0.4, -0.2) is 39.5 Å². The first-order valence-corrected chi connectivity index (χ1v) is 8.75. The lowest BCUT2D eigenvalue weighted by atomic mass is 10.0. The maximum Gasteiger partial charge on any atom is 0.307 e. The fraction of sp³-hybridized carbons (Fsp3) is 0.421. The summed E-state index contributed by atoms with van der Waals surface area (Å²) in [5.74, 6) is -0.0212. The van der Waals surface area contributed by atoms with Crippen LogP contribution in [0.2, 0.25) is 0 Å². The Labute approximate surface area is 157 Å². The quantitative estimate of drug-likeness (QED) is 0.745. The number of rotatable bonds is 5. The molecule has 0 saturated heterocycles. The molecule has 2 aromatic rings. The zero-order valence-corrected chi connectivity index (χ0v) is 16.1. The topological polar surface area (TPSA) is 105 Å². The van der Waals surface area contributed by atoms with Gasteiger partial charge in [0.15, 0.2) is 0 Å². The van der Waals surface area contributed by atoms with Crippen LogP contribution in [0.5, 0.6) is 5.75 Å². The van der Waals surface area contributed by atoms with E-state index in [2.05, 4.69) is 15.7 Å². The van der Waals surface area contributed by atoms with E-state index < -0.39 is 11.6 Å². The minimum atomic E-state index is -0.937. The van der Waals surface area contributed by atoms with Gasteiger partial charge in [-0.25, -0.2) is 4.68 Å². The van der Waals surface area contributed by atoms with E-state index >= 15 is 0 Å². The Hall–Kier alpha value is -3.03. The number of fused-ring (bicyclic) bond motifs is 1. The molecule has 0 bridgehead atoms. The van der Waals surface area contributed by atoms with Crippen molar-refractivity contribution < 1.29 is 19.4 Å².